The maximum Gasteiger partial charge on any atom is 0.128 e. The van der Waals surface area contributed by atoms with Crippen LogP contribution in [0.2, 0.25) is 0 Å². The predicted octanol–water partition coefficient (Wildman–Crippen LogP) is 1.65. The molecule has 0 aliphatic rings. The lowest BCUT2D eigenvalue weighted by atomic mass is 10.4. The van der Waals surface area contributed by atoms with E-state index < -0.39 is 0 Å². The summed E-state index contributed by atoms with van der Waals surface area (Å²) in [6.45, 7) is 2.77. The van der Waals surface area contributed by atoms with E-state index in [-0.39, 0.29) is 0 Å². The molecule has 0 aromatic carbocycles. The van der Waals surface area contributed by atoms with Crippen molar-refractivity contribution in [2.75, 3.05) is 17.6 Å². The largest absolute Gasteiger partial charge is 0.399 e. The van der Waals surface area contributed by atoms with Gasteiger partial charge in [-0.1, -0.05) is 12.2 Å². The summed E-state index contributed by atoms with van der Waals surface area (Å²) in [6.07, 6.45) is 5.69. The first-order valence-corrected chi connectivity index (χ1v) is 3.89. The van der Waals surface area contributed by atoms with Crippen molar-refractivity contribution >= 4 is 11.5 Å². The summed E-state index contributed by atoms with van der Waals surface area (Å²) in [5, 5.41) is 3.11. The maximum absolute atomic E-state index is 5.56. The van der Waals surface area contributed by atoms with Crippen molar-refractivity contribution in [3.05, 3.63) is 30.5 Å². The standard InChI is InChI=1S/C9H13N3/c1-2-3-5-11-9-7-8(10)4-6-12-9/h2-4,6-7H,5H2,1H3,(H3,10,11,12)/b3-2+. The Morgan fingerprint density at radius 3 is 3.17 bits per heavy atom. The number of hydrogen-bond acceptors (Lipinski definition) is 3. The lowest BCUT2D eigenvalue weighted by Crippen LogP contribution is -2.00. The van der Waals surface area contributed by atoms with Gasteiger partial charge in [0, 0.05) is 24.5 Å². The zero-order valence-corrected chi connectivity index (χ0v) is 7.12. The highest BCUT2D eigenvalue weighted by molar-refractivity contribution is 5.48. The molecule has 1 aromatic heterocycles. The molecular weight excluding hydrogens is 150 g/mol. The summed E-state index contributed by atoms with van der Waals surface area (Å²) in [7, 11) is 0. The van der Waals surface area contributed by atoms with Crippen molar-refractivity contribution in [1.82, 2.24) is 4.98 Å². The molecule has 3 nitrogen and oxygen atoms in total. The summed E-state index contributed by atoms with van der Waals surface area (Å²) in [5.74, 6) is 0.813. The molecule has 0 atom stereocenters. The van der Waals surface area contributed by atoms with Crippen LogP contribution in [0.25, 0.3) is 0 Å². The Morgan fingerprint density at radius 1 is 1.67 bits per heavy atom. The lowest BCUT2D eigenvalue weighted by Gasteiger charge is -2.01. The van der Waals surface area contributed by atoms with Crippen molar-refractivity contribution in [2.45, 2.75) is 6.92 Å². The number of nitrogens with two attached hydrogens (primary N) is 1. The normalized spacial score (nSPS) is 10.4. The van der Waals surface area contributed by atoms with Crippen LogP contribution in [0, 0.1) is 0 Å². The van der Waals surface area contributed by atoms with Gasteiger partial charge in [-0.2, -0.15) is 0 Å². The second kappa shape index (κ2) is 4.38. The Bertz CT molecular complexity index is 268. The highest BCUT2D eigenvalue weighted by Crippen LogP contribution is 2.06. The van der Waals surface area contributed by atoms with E-state index in [4.69, 9.17) is 5.73 Å². The van der Waals surface area contributed by atoms with Crippen LogP contribution in [0.5, 0.6) is 0 Å². The van der Waals surface area contributed by atoms with E-state index in [1.165, 1.54) is 0 Å². The first kappa shape index (κ1) is 8.59. The number of rotatable bonds is 3. The molecule has 0 bridgehead atoms. The van der Waals surface area contributed by atoms with Crippen LogP contribution >= 0.6 is 0 Å². The number of allylic oxidation sites excluding steroid dienone is 1. The van der Waals surface area contributed by atoms with E-state index in [1.54, 1.807) is 12.3 Å². The molecule has 1 heterocycles. The second-order valence-electron chi connectivity index (χ2n) is 2.42. The van der Waals surface area contributed by atoms with E-state index >= 15 is 0 Å². The molecule has 0 aliphatic carbocycles. The third kappa shape index (κ3) is 2.62. The first-order valence-electron chi connectivity index (χ1n) is 3.89. The van der Waals surface area contributed by atoms with Crippen molar-refractivity contribution in [3.63, 3.8) is 0 Å². The summed E-state index contributed by atoms with van der Waals surface area (Å²) in [6, 6.07) is 3.57. The highest BCUT2D eigenvalue weighted by Gasteiger charge is 1.90. The van der Waals surface area contributed by atoms with Gasteiger partial charge in [0.25, 0.3) is 0 Å². The molecule has 0 amide bonds. The Hall–Kier alpha value is -1.51. The van der Waals surface area contributed by atoms with Crippen LogP contribution in [0.15, 0.2) is 30.5 Å². The van der Waals surface area contributed by atoms with Gasteiger partial charge < -0.3 is 11.1 Å². The van der Waals surface area contributed by atoms with Gasteiger partial charge in [0.15, 0.2) is 0 Å². The Labute approximate surface area is 72.3 Å². The molecule has 0 unspecified atom stereocenters. The monoisotopic (exact) mass is 163 g/mol. The van der Waals surface area contributed by atoms with E-state index in [1.807, 2.05) is 25.1 Å². The molecule has 64 valence electrons. The van der Waals surface area contributed by atoms with Gasteiger partial charge in [0.05, 0.1) is 0 Å². The molecule has 1 aromatic rings. The van der Waals surface area contributed by atoms with Gasteiger partial charge >= 0.3 is 0 Å². The topological polar surface area (TPSA) is 50.9 Å². The minimum Gasteiger partial charge on any atom is -0.399 e. The molecule has 0 aliphatic heterocycles. The van der Waals surface area contributed by atoms with Crippen molar-refractivity contribution < 1.29 is 0 Å². The van der Waals surface area contributed by atoms with Crippen molar-refractivity contribution in [1.29, 1.82) is 0 Å². The quantitative estimate of drug-likeness (QED) is 0.666. The van der Waals surface area contributed by atoms with Gasteiger partial charge in [0.1, 0.15) is 5.82 Å². The van der Waals surface area contributed by atoms with E-state index in [0.29, 0.717) is 0 Å². The van der Waals surface area contributed by atoms with Crippen molar-refractivity contribution in [3.8, 4) is 0 Å². The Balaban J connectivity index is 2.52. The minimum absolute atomic E-state index is 0.730. The summed E-state index contributed by atoms with van der Waals surface area (Å²) in [5.41, 5.74) is 6.29. The summed E-state index contributed by atoms with van der Waals surface area (Å²) in [4.78, 5) is 4.09. The summed E-state index contributed by atoms with van der Waals surface area (Å²) >= 11 is 0. The van der Waals surface area contributed by atoms with Crippen LogP contribution in [0.3, 0.4) is 0 Å². The number of nitrogens with zero attached hydrogens (tertiary/aromatic N) is 1. The van der Waals surface area contributed by atoms with Gasteiger partial charge in [-0.05, 0) is 13.0 Å². The van der Waals surface area contributed by atoms with Crippen LogP contribution < -0.4 is 11.1 Å². The van der Waals surface area contributed by atoms with Crippen molar-refractivity contribution in [2.24, 2.45) is 0 Å². The SMILES string of the molecule is C/C=C/CNc1cc(N)ccn1. The summed E-state index contributed by atoms with van der Waals surface area (Å²) < 4.78 is 0. The van der Waals surface area contributed by atoms with Gasteiger partial charge in [0.2, 0.25) is 0 Å². The van der Waals surface area contributed by atoms with Crippen LogP contribution in [0.1, 0.15) is 6.92 Å². The highest BCUT2D eigenvalue weighted by atomic mass is 15.0. The zero-order chi connectivity index (χ0) is 8.81. The second-order valence-corrected chi connectivity index (χ2v) is 2.42. The molecule has 0 saturated heterocycles. The number of nitrogen functional groups attached to an aromatic ring is 1. The molecule has 3 heteroatoms. The third-order valence-corrected chi connectivity index (χ3v) is 1.42. The third-order valence-electron chi connectivity index (χ3n) is 1.42. The fourth-order valence-electron chi connectivity index (χ4n) is 0.825. The van der Waals surface area contributed by atoms with Gasteiger partial charge in [-0.3, -0.25) is 0 Å². The molecule has 12 heavy (non-hydrogen) atoms. The van der Waals surface area contributed by atoms with Gasteiger partial charge in [-0.25, -0.2) is 4.98 Å². The lowest BCUT2D eigenvalue weighted by molar-refractivity contribution is 1.23. The first-order chi connectivity index (χ1) is 5.83. The maximum atomic E-state index is 5.56. The number of anilines is 2. The minimum atomic E-state index is 0.730. The van der Waals surface area contributed by atoms with E-state index in [2.05, 4.69) is 10.3 Å². The van der Waals surface area contributed by atoms with E-state index in [9.17, 15) is 0 Å². The average Bonchev–Trinajstić information content (AvgIpc) is 2.05. The molecular formula is C9H13N3. The molecule has 1 rings (SSSR count). The smallest absolute Gasteiger partial charge is 0.128 e. The number of aromatic nitrogens is 1. The average molecular weight is 163 g/mol. The zero-order valence-electron chi connectivity index (χ0n) is 7.12. The predicted molar refractivity (Wildman–Crippen MR) is 52.0 cm³/mol. The number of hydrogen-bond donors (Lipinski definition) is 2. The molecule has 0 saturated carbocycles. The Morgan fingerprint density at radius 2 is 2.50 bits per heavy atom. The van der Waals surface area contributed by atoms with Crippen LogP contribution in [-0.2, 0) is 0 Å². The molecule has 0 spiro atoms. The fourth-order valence-corrected chi connectivity index (χ4v) is 0.825. The van der Waals surface area contributed by atoms with Crippen LogP contribution in [-0.4, -0.2) is 11.5 Å². The van der Waals surface area contributed by atoms with E-state index in [0.717, 1.165) is 18.1 Å². The van der Waals surface area contributed by atoms with Crippen LogP contribution in [0.4, 0.5) is 11.5 Å². The molecule has 0 fully saturated rings. The number of nitrogens with one attached hydrogen (secondary N) is 1. The van der Waals surface area contributed by atoms with Gasteiger partial charge in [-0.15, -0.1) is 0 Å². The number of pyridine rings is 1. The molecule has 0 radical (unpaired) electrons. The molecule has 3 N–H and O–H groups in total. The Kier molecular flexibility index (Phi) is 3.14. The fraction of sp³-hybridized carbons (Fsp3) is 0.222.